The van der Waals surface area contributed by atoms with Gasteiger partial charge in [0.05, 0.1) is 0 Å². The van der Waals surface area contributed by atoms with Crippen molar-refractivity contribution < 1.29 is 28.5 Å². The summed E-state index contributed by atoms with van der Waals surface area (Å²) < 4.78 is 20.9. The summed E-state index contributed by atoms with van der Waals surface area (Å²) in [5.41, 5.74) is 1.55. The van der Waals surface area contributed by atoms with Crippen molar-refractivity contribution in [2.24, 2.45) is 0 Å². The molecule has 0 unspecified atom stereocenters. The van der Waals surface area contributed by atoms with Crippen molar-refractivity contribution in [3.05, 3.63) is 48.0 Å². The number of nitrogens with one attached hydrogen (secondary N) is 1. The number of amides is 1. The summed E-state index contributed by atoms with van der Waals surface area (Å²) in [5, 5.41) is 2.67. The highest BCUT2D eigenvalue weighted by atomic mass is 16.7. The van der Waals surface area contributed by atoms with E-state index in [0.29, 0.717) is 22.9 Å². The molecule has 1 atom stereocenters. The number of hydrogen-bond donors (Lipinski definition) is 1. The molecule has 2 aromatic carbocycles. The number of anilines is 1. The van der Waals surface area contributed by atoms with Crippen LogP contribution in [0.25, 0.3) is 0 Å². The molecule has 136 valence electrons. The topological polar surface area (TPSA) is 83.1 Å². The van der Waals surface area contributed by atoms with Gasteiger partial charge in [-0.1, -0.05) is 12.1 Å². The van der Waals surface area contributed by atoms with Gasteiger partial charge in [-0.15, -0.1) is 0 Å². The Balaban J connectivity index is 1.48. The van der Waals surface area contributed by atoms with Gasteiger partial charge in [0.1, 0.15) is 5.75 Å². The SMILES string of the molecule is Cc1cccc(OCC(=O)O[C@H](C)C(=O)Nc2ccc3c(c2)OCO3)c1. The molecule has 0 saturated carbocycles. The molecule has 1 N–H and O–H groups in total. The quantitative estimate of drug-likeness (QED) is 0.801. The minimum absolute atomic E-state index is 0.154. The van der Waals surface area contributed by atoms with E-state index < -0.39 is 18.0 Å². The number of carbonyl (C=O) groups is 2. The molecule has 1 heterocycles. The van der Waals surface area contributed by atoms with E-state index in [9.17, 15) is 9.59 Å². The summed E-state index contributed by atoms with van der Waals surface area (Å²) in [6, 6.07) is 12.3. The lowest BCUT2D eigenvalue weighted by atomic mass is 10.2. The van der Waals surface area contributed by atoms with E-state index in [4.69, 9.17) is 18.9 Å². The van der Waals surface area contributed by atoms with E-state index in [1.807, 2.05) is 25.1 Å². The Morgan fingerprint density at radius 1 is 1.15 bits per heavy atom. The molecule has 3 rings (SSSR count). The second kappa shape index (κ2) is 7.77. The number of rotatable bonds is 6. The molecular weight excluding hydrogens is 338 g/mol. The Bertz CT molecular complexity index is 819. The summed E-state index contributed by atoms with van der Waals surface area (Å²) in [4.78, 5) is 24.0. The van der Waals surface area contributed by atoms with Gasteiger partial charge in [0.2, 0.25) is 6.79 Å². The van der Waals surface area contributed by atoms with Crippen molar-refractivity contribution in [2.45, 2.75) is 20.0 Å². The standard InChI is InChI=1S/C19H19NO6/c1-12-4-3-5-15(8-12)23-10-18(21)26-13(2)19(22)20-14-6-7-16-17(9-14)25-11-24-16/h3-9,13H,10-11H2,1-2H3,(H,20,22)/t13-/m1/s1. The van der Waals surface area contributed by atoms with Crippen LogP contribution < -0.4 is 19.5 Å². The summed E-state index contributed by atoms with van der Waals surface area (Å²) in [7, 11) is 0. The highest BCUT2D eigenvalue weighted by molar-refractivity contribution is 5.95. The second-order valence-corrected chi connectivity index (χ2v) is 5.79. The third kappa shape index (κ3) is 4.44. The average molecular weight is 357 g/mol. The fourth-order valence-electron chi connectivity index (χ4n) is 2.35. The molecule has 7 nitrogen and oxygen atoms in total. The number of hydrogen-bond acceptors (Lipinski definition) is 6. The molecule has 0 radical (unpaired) electrons. The third-order valence-electron chi connectivity index (χ3n) is 3.66. The molecule has 1 amide bonds. The molecule has 1 aliphatic heterocycles. The largest absolute Gasteiger partial charge is 0.482 e. The summed E-state index contributed by atoms with van der Waals surface area (Å²) in [6.07, 6.45) is -0.964. The first-order chi connectivity index (χ1) is 12.5. The predicted octanol–water partition coefficient (Wildman–Crippen LogP) is 2.67. The van der Waals surface area contributed by atoms with Crippen LogP contribution in [0.2, 0.25) is 0 Å². The first-order valence-electron chi connectivity index (χ1n) is 8.11. The molecular formula is C19H19NO6. The van der Waals surface area contributed by atoms with Crippen LogP contribution in [0.3, 0.4) is 0 Å². The van der Waals surface area contributed by atoms with Crippen LogP contribution in [-0.4, -0.2) is 31.4 Å². The van der Waals surface area contributed by atoms with Crippen molar-refractivity contribution >= 4 is 17.6 Å². The van der Waals surface area contributed by atoms with Gasteiger partial charge in [-0.25, -0.2) is 4.79 Å². The van der Waals surface area contributed by atoms with Crippen molar-refractivity contribution in [1.82, 2.24) is 0 Å². The molecule has 0 fully saturated rings. The van der Waals surface area contributed by atoms with Crippen LogP contribution in [-0.2, 0) is 14.3 Å². The van der Waals surface area contributed by atoms with E-state index >= 15 is 0 Å². The maximum absolute atomic E-state index is 12.2. The third-order valence-corrected chi connectivity index (χ3v) is 3.66. The number of esters is 1. The molecule has 0 spiro atoms. The Morgan fingerprint density at radius 3 is 2.77 bits per heavy atom. The molecule has 26 heavy (non-hydrogen) atoms. The van der Waals surface area contributed by atoms with Crippen LogP contribution in [0, 0.1) is 6.92 Å². The summed E-state index contributed by atoms with van der Waals surface area (Å²) >= 11 is 0. The van der Waals surface area contributed by atoms with Crippen molar-refractivity contribution in [3.8, 4) is 17.2 Å². The van der Waals surface area contributed by atoms with Crippen LogP contribution in [0.15, 0.2) is 42.5 Å². The van der Waals surface area contributed by atoms with Gasteiger partial charge in [-0.3, -0.25) is 4.79 Å². The van der Waals surface area contributed by atoms with Gasteiger partial charge in [0, 0.05) is 11.8 Å². The fraction of sp³-hybridized carbons (Fsp3) is 0.263. The fourth-order valence-corrected chi connectivity index (χ4v) is 2.35. The molecule has 0 aliphatic carbocycles. The summed E-state index contributed by atoms with van der Waals surface area (Å²) in [5.74, 6) is 0.668. The number of benzene rings is 2. The maximum atomic E-state index is 12.2. The second-order valence-electron chi connectivity index (χ2n) is 5.79. The highest BCUT2D eigenvalue weighted by Crippen LogP contribution is 2.34. The lowest BCUT2D eigenvalue weighted by Gasteiger charge is -2.14. The molecule has 0 aromatic heterocycles. The Hall–Kier alpha value is -3.22. The molecule has 1 aliphatic rings. The van der Waals surface area contributed by atoms with Gasteiger partial charge in [-0.2, -0.15) is 0 Å². The first kappa shape index (κ1) is 17.6. The molecule has 2 aromatic rings. The lowest BCUT2D eigenvalue weighted by Crippen LogP contribution is -2.31. The normalized spacial score (nSPS) is 13.0. The Kier molecular flexibility index (Phi) is 5.26. The Labute approximate surface area is 150 Å². The van der Waals surface area contributed by atoms with Gasteiger partial charge < -0.3 is 24.3 Å². The number of carbonyl (C=O) groups excluding carboxylic acids is 2. The molecule has 0 bridgehead atoms. The van der Waals surface area contributed by atoms with Gasteiger partial charge in [-0.05, 0) is 43.7 Å². The summed E-state index contributed by atoms with van der Waals surface area (Å²) in [6.45, 7) is 3.30. The van der Waals surface area contributed by atoms with Crippen molar-refractivity contribution in [3.63, 3.8) is 0 Å². The predicted molar refractivity (Wildman–Crippen MR) is 93.4 cm³/mol. The van der Waals surface area contributed by atoms with Gasteiger partial charge >= 0.3 is 5.97 Å². The zero-order valence-corrected chi connectivity index (χ0v) is 14.5. The minimum atomic E-state index is -0.964. The lowest BCUT2D eigenvalue weighted by molar-refractivity contribution is -0.155. The van der Waals surface area contributed by atoms with Gasteiger partial charge in [0.25, 0.3) is 5.91 Å². The maximum Gasteiger partial charge on any atom is 0.344 e. The number of ether oxygens (including phenoxy) is 4. The Morgan fingerprint density at radius 2 is 1.96 bits per heavy atom. The number of fused-ring (bicyclic) bond motifs is 1. The molecule has 0 saturated heterocycles. The smallest absolute Gasteiger partial charge is 0.344 e. The highest BCUT2D eigenvalue weighted by Gasteiger charge is 2.20. The monoisotopic (exact) mass is 357 g/mol. The zero-order chi connectivity index (χ0) is 18.5. The van der Waals surface area contributed by atoms with Gasteiger partial charge in [0.15, 0.2) is 24.2 Å². The first-order valence-corrected chi connectivity index (χ1v) is 8.11. The zero-order valence-electron chi connectivity index (χ0n) is 14.5. The molecule has 7 heteroatoms. The number of aryl methyl sites for hydroxylation is 1. The van der Waals surface area contributed by atoms with E-state index in [0.717, 1.165) is 5.56 Å². The van der Waals surface area contributed by atoms with Crippen molar-refractivity contribution in [1.29, 1.82) is 0 Å². The van der Waals surface area contributed by atoms with Crippen LogP contribution in [0.4, 0.5) is 5.69 Å². The van der Waals surface area contributed by atoms with E-state index in [2.05, 4.69) is 5.32 Å². The van der Waals surface area contributed by atoms with Crippen molar-refractivity contribution in [2.75, 3.05) is 18.7 Å². The van der Waals surface area contributed by atoms with Crippen LogP contribution in [0.1, 0.15) is 12.5 Å². The van der Waals surface area contributed by atoms with E-state index in [-0.39, 0.29) is 13.4 Å². The van der Waals surface area contributed by atoms with E-state index in [1.165, 1.54) is 6.92 Å². The average Bonchev–Trinajstić information content (AvgIpc) is 3.07. The minimum Gasteiger partial charge on any atom is -0.482 e. The van der Waals surface area contributed by atoms with E-state index in [1.54, 1.807) is 24.3 Å². The van der Waals surface area contributed by atoms with Crippen LogP contribution >= 0.6 is 0 Å². The van der Waals surface area contributed by atoms with Crippen LogP contribution in [0.5, 0.6) is 17.2 Å².